The van der Waals surface area contributed by atoms with E-state index in [0.717, 1.165) is 43.4 Å². The van der Waals surface area contributed by atoms with Crippen LogP contribution in [0.5, 0.6) is 5.19 Å². The van der Waals surface area contributed by atoms with Crippen molar-refractivity contribution in [1.29, 1.82) is 0 Å². The molecule has 0 N–H and O–H groups in total. The summed E-state index contributed by atoms with van der Waals surface area (Å²) in [6, 6.07) is 3.25. The molecule has 2 aromatic heterocycles. The van der Waals surface area contributed by atoms with Gasteiger partial charge >= 0.3 is 11.1 Å². The summed E-state index contributed by atoms with van der Waals surface area (Å²) in [6.45, 7) is 3.71. The molecule has 0 bridgehead atoms. The van der Waals surface area contributed by atoms with Crippen LogP contribution >= 0.6 is 22.9 Å². The number of quaternary nitrogens is 1. The number of aromatic nitrogens is 3. The molecule has 2 atom stereocenters. The number of nitrogens with zero attached hydrogens (tertiary/aromatic N) is 5. The summed E-state index contributed by atoms with van der Waals surface area (Å²) in [4.78, 5) is 18.4. The van der Waals surface area contributed by atoms with Crippen LogP contribution in [0.2, 0.25) is 0 Å². The molecule has 0 spiro atoms. The van der Waals surface area contributed by atoms with Crippen molar-refractivity contribution in [3.63, 3.8) is 0 Å². The van der Waals surface area contributed by atoms with Crippen LogP contribution in [0.25, 0.3) is 0 Å². The molecule has 2 aromatic rings. The molecule has 0 saturated carbocycles. The lowest BCUT2D eigenvalue weighted by atomic mass is 10.2. The van der Waals surface area contributed by atoms with Gasteiger partial charge in [0.05, 0.1) is 18.7 Å². The topological polar surface area (TPSA) is 101 Å². The van der Waals surface area contributed by atoms with Gasteiger partial charge in [-0.1, -0.05) is 36.4 Å². The van der Waals surface area contributed by atoms with Crippen LogP contribution in [0.3, 0.4) is 0 Å². The average molecular weight is 470 g/mol. The van der Waals surface area contributed by atoms with Crippen LogP contribution in [-0.4, -0.2) is 64.5 Å². The lowest BCUT2D eigenvalue weighted by Gasteiger charge is -2.38. The highest BCUT2D eigenvalue weighted by molar-refractivity contribution is 7.16. The van der Waals surface area contributed by atoms with Gasteiger partial charge in [-0.15, -0.1) is 11.6 Å². The zero-order chi connectivity index (χ0) is 22.1. The molecule has 11 heteroatoms. The third kappa shape index (κ3) is 6.33. The monoisotopic (exact) mass is 469 g/mol. The van der Waals surface area contributed by atoms with Crippen LogP contribution in [-0.2, 0) is 4.74 Å². The van der Waals surface area contributed by atoms with Gasteiger partial charge in [0, 0.05) is 36.2 Å². The standard InChI is InChI=1S/C20H28ClN5O4S/c1-2-3-4-5-12-29-20-24-23-19(31-20)26(28)15-25(11-7-9-21)14-17(26)30-18(27)16-8-6-10-22-13-16/h6,8,10,13,17H,2-5,7,9,11-12,14-15H2,1H3. The Bertz CT molecular complexity index is 827. The number of hydroxylamine groups is 2. The largest absolute Gasteiger partial charge is 0.622 e. The molecular weight excluding hydrogens is 442 g/mol. The third-order valence-electron chi connectivity index (χ3n) is 4.98. The van der Waals surface area contributed by atoms with E-state index in [2.05, 4.69) is 22.1 Å². The molecule has 2 unspecified atom stereocenters. The number of carbonyl (C=O) groups excluding carboxylic acids is 1. The first-order valence-corrected chi connectivity index (χ1v) is 11.9. The smallest absolute Gasteiger partial charge is 0.344 e. The van der Waals surface area contributed by atoms with Gasteiger partial charge in [0.15, 0.2) is 0 Å². The first-order valence-electron chi connectivity index (χ1n) is 10.5. The number of halogens is 1. The average Bonchev–Trinajstić information content (AvgIpc) is 3.38. The Morgan fingerprint density at radius 1 is 1.35 bits per heavy atom. The van der Waals surface area contributed by atoms with Crippen LogP contribution in [0, 0.1) is 5.21 Å². The van der Waals surface area contributed by atoms with Gasteiger partial charge in [-0.2, -0.15) is 0 Å². The van der Waals surface area contributed by atoms with Crippen LogP contribution in [0.4, 0.5) is 5.13 Å². The van der Waals surface area contributed by atoms with Gasteiger partial charge in [-0.3, -0.25) is 9.63 Å². The molecule has 1 aliphatic rings. The van der Waals surface area contributed by atoms with Crippen molar-refractivity contribution in [1.82, 2.24) is 24.7 Å². The quantitative estimate of drug-likeness (QED) is 0.152. The zero-order valence-electron chi connectivity index (χ0n) is 17.6. The summed E-state index contributed by atoms with van der Waals surface area (Å²) in [5, 5.41) is 22.5. The summed E-state index contributed by atoms with van der Waals surface area (Å²) in [6.07, 6.45) is 7.08. The number of hydrogen-bond donors (Lipinski definition) is 0. The summed E-state index contributed by atoms with van der Waals surface area (Å²) in [5.74, 6) is -0.0998. The number of esters is 1. The van der Waals surface area contributed by atoms with Gasteiger partial charge in [0.1, 0.15) is 6.67 Å². The zero-order valence-corrected chi connectivity index (χ0v) is 19.2. The number of hydrogen-bond acceptors (Lipinski definition) is 9. The second-order valence-electron chi connectivity index (χ2n) is 7.42. The lowest BCUT2D eigenvalue weighted by Crippen LogP contribution is -2.50. The second-order valence-corrected chi connectivity index (χ2v) is 8.71. The van der Waals surface area contributed by atoms with Crippen molar-refractivity contribution < 1.29 is 14.3 Å². The highest BCUT2D eigenvalue weighted by Crippen LogP contribution is 2.37. The highest BCUT2D eigenvalue weighted by atomic mass is 35.5. The third-order valence-corrected chi connectivity index (χ3v) is 6.20. The number of ether oxygens (including phenoxy) is 2. The predicted molar refractivity (Wildman–Crippen MR) is 120 cm³/mol. The van der Waals surface area contributed by atoms with E-state index in [9.17, 15) is 10.0 Å². The van der Waals surface area contributed by atoms with E-state index < -0.39 is 16.8 Å². The van der Waals surface area contributed by atoms with Crippen molar-refractivity contribution in [2.24, 2.45) is 0 Å². The molecule has 31 heavy (non-hydrogen) atoms. The molecule has 3 heterocycles. The van der Waals surface area contributed by atoms with Crippen LogP contribution in [0.15, 0.2) is 24.5 Å². The van der Waals surface area contributed by atoms with Gasteiger partial charge in [0.2, 0.25) is 0 Å². The molecule has 170 valence electrons. The van der Waals surface area contributed by atoms with Crippen molar-refractivity contribution in [2.75, 3.05) is 32.2 Å². The van der Waals surface area contributed by atoms with E-state index in [0.29, 0.717) is 36.3 Å². The van der Waals surface area contributed by atoms with Gasteiger partial charge in [-0.25, -0.2) is 9.69 Å². The van der Waals surface area contributed by atoms with Crippen LogP contribution in [0.1, 0.15) is 49.4 Å². The number of unbranched alkanes of at least 4 members (excludes halogenated alkanes) is 3. The molecule has 1 aliphatic heterocycles. The summed E-state index contributed by atoms with van der Waals surface area (Å²) < 4.78 is 10.4. The molecule has 3 rings (SSSR count). The SMILES string of the molecule is CCCCCCOc1nnc([N+]2([O-])CN(CCCCl)CC2OC(=O)c2cccnc2)s1. The van der Waals surface area contributed by atoms with Crippen molar-refractivity contribution in [2.45, 2.75) is 45.3 Å². The summed E-state index contributed by atoms with van der Waals surface area (Å²) >= 11 is 6.92. The van der Waals surface area contributed by atoms with E-state index in [1.807, 2.05) is 4.90 Å². The fraction of sp³-hybridized carbons (Fsp3) is 0.600. The highest BCUT2D eigenvalue weighted by Gasteiger charge is 2.46. The predicted octanol–water partition coefficient (Wildman–Crippen LogP) is 3.78. The molecule has 0 amide bonds. The van der Waals surface area contributed by atoms with Gasteiger partial charge in [-0.05, 0) is 25.0 Å². The molecule has 0 aromatic carbocycles. The maximum atomic E-state index is 13.8. The number of alkyl halides is 1. The maximum Gasteiger partial charge on any atom is 0.344 e. The molecule has 1 saturated heterocycles. The molecule has 1 fully saturated rings. The number of carbonyl (C=O) groups is 1. The van der Waals surface area contributed by atoms with Crippen molar-refractivity contribution in [3.05, 3.63) is 35.3 Å². The Morgan fingerprint density at radius 3 is 2.97 bits per heavy atom. The number of rotatable bonds is 12. The van der Waals surface area contributed by atoms with Gasteiger partial charge in [0.25, 0.3) is 11.4 Å². The Hall–Kier alpha value is -1.85. The lowest BCUT2D eigenvalue weighted by molar-refractivity contribution is 0.00546. The first-order chi connectivity index (χ1) is 15.1. The fourth-order valence-electron chi connectivity index (χ4n) is 3.33. The maximum absolute atomic E-state index is 13.8. The van der Waals surface area contributed by atoms with E-state index in [1.165, 1.54) is 6.20 Å². The first kappa shape index (κ1) is 23.8. The minimum atomic E-state index is -0.964. The Balaban J connectivity index is 1.70. The van der Waals surface area contributed by atoms with E-state index in [-0.39, 0.29) is 11.8 Å². The van der Waals surface area contributed by atoms with Crippen molar-refractivity contribution >= 4 is 34.0 Å². The fourth-order valence-corrected chi connectivity index (χ4v) is 4.24. The molecular formula is C20H28ClN5O4S. The van der Waals surface area contributed by atoms with E-state index >= 15 is 0 Å². The minimum absolute atomic E-state index is 0.104. The summed E-state index contributed by atoms with van der Waals surface area (Å²) in [5.41, 5.74) is 0.293. The van der Waals surface area contributed by atoms with Crippen molar-refractivity contribution in [3.8, 4) is 5.19 Å². The normalized spacial score (nSPS) is 21.3. The minimum Gasteiger partial charge on any atom is -0.622 e. The molecule has 0 radical (unpaired) electrons. The molecule has 9 nitrogen and oxygen atoms in total. The van der Waals surface area contributed by atoms with E-state index in [4.69, 9.17) is 21.1 Å². The number of pyridine rings is 1. The summed E-state index contributed by atoms with van der Waals surface area (Å²) in [7, 11) is 0. The van der Waals surface area contributed by atoms with Crippen LogP contribution < -0.4 is 9.38 Å². The Labute approximate surface area is 191 Å². The molecule has 0 aliphatic carbocycles. The Morgan fingerprint density at radius 2 is 2.23 bits per heavy atom. The van der Waals surface area contributed by atoms with E-state index in [1.54, 1.807) is 18.3 Å². The van der Waals surface area contributed by atoms with Gasteiger partial charge < -0.3 is 14.7 Å². The Kier molecular flexibility index (Phi) is 8.97. The second kappa shape index (κ2) is 11.7.